The number of hydrogen-bond acceptors (Lipinski definition) is 6. The molecular weight excluding hydrogens is 390 g/mol. The van der Waals surface area contributed by atoms with Gasteiger partial charge in [0.25, 0.3) is 0 Å². The highest BCUT2D eigenvalue weighted by Crippen LogP contribution is 2.31. The van der Waals surface area contributed by atoms with E-state index in [9.17, 15) is 10.1 Å². The maximum atomic E-state index is 11.6. The number of aromatic nitrogens is 2. The van der Waals surface area contributed by atoms with Crippen LogP contribution in [0.3, 0.4) is 0 Å². The average Bonchev–Trinajstić information content (AvgIpc) is 2.77. The number of nitro groups is 1. The van der Waals surface area contributed by atoms with E-state index < -0.39 is 0 Å². The molecule has 178 valence electrons. The second-order valence-electron chi connectivity index (χ2n) is 8.35. The summed E-state index contributed by atoms with van der Waals surface area (Å²) in [7, 11) is 0. The minimum Gasteiger partial charge on any atom is -0.364 e. The highest BCUT2D eigenvalue weighted by atomic mass is 16.6. The molecule has 0 spiro atoms. The van der Waals surface area contributed by atoms with Gasteiger partial charge in [-0.15, -0.1) is 0 Å². The van der Waals surface area contributed by atoms with Crippen molar-refractivity contribution in [3.63, 3.8) is 0 Å². The van der Waals surface area contributed by atoms with Gasteiger partial charge >= 0.3 is 5.69 Å². The lowest BCUT2D eigenvalue weighted by Gasteiger charge is -2.20. The zero-order valence-corrected chi connectivity index (χ0v) is 20.2. The molecule has 0 aliphatic heterocycles. The van der Waals surface area contributed by atoms with Crippen LogP contribution in [0.4, 0.5) is 17.3 Å². The third-order valence-electron chi connectivity index (χ3n) is 5.87. The van der Waals surface area contributed by atoms with E-state index in [4.69, 9.17) is 0 Å². The Balaban J connectivity index is 2.15. The molecule has 0 saturated carbocycles. The van der Waals surface area contributed by atoms with E-state index in [0.29, 0.717) is 31.3 Å². The number of nitrogens with one attached hydrogen (secondary N) is 1. The molecule has 1 N–H and O–H groups in total. The Morgan fingerprint density at radius 3 is 1.74 bits per heavy atom. The van der Waals surface area contributed by atoms with Crippen molar-refractivity contribution in [3.05, 3.63) is 16.4 Å². The van der Waals surface area contributed by atoms with Gasteiger partial charge < -0.3 is 10.2 Å². The maximum absolute atomic E-state index is 11.6. The minimum absolute atomic E-state index is 0.0171. The number of unbranched alkanes of at least 4 members (excludes halogenated alkanes) is 13. The van der Waals surface area contributed by atoms with E-state index in [2.05, 4.69) is 22.2 Å². The Morgan fingerprint density at radius 1 is 0.806 bits per heavy atom. The van der Waals surface area contributed by atoms with E-state index in [-0.39, 0.29) is 10.6 Å². The molecule has 0 unspecified atom stereocenters. The van der Waals surface area contributed by atoms with Gasteiger partial charge in [-0.25, -0.2) is 9.97 Å². The molecule has 0 amide bonds. The predicted octanol–water partition coefficient (Wildman–Crippen LogP) is 7.12. The molecule has 7 nitrogen and oxygen atoms in total. The molecule has 31 heavy (non-hydrogen) atoms. The van der Waals surface area contributed by atoms with Gasteiger partial charge in [0.05, 0.1) is 4.92 Å². The monoisotopic (exact) mass is 435 g/mol. The van der Waals surface area contributed by atoms with Gasteiger partial charge in [0.2, 0.25) is 11.6 Å². The summed E-state index contributed by atoms with van der Waals surface area (Å²) < 4.78 is 0. The average molecular weight is 436 g/mol. The fourth-order valence-electron chi connectivity index (χ4n) is 3.95. The van der Waals surface area contributed by atoms with Crippen LogP contribution in [0.15, 0.2) is 6.33 Å². The molecule has 1 rings (SSSR count). The summed E-state index contributed by atoms with van der Waals surface area (Å²) in [5, 5.41) is 14.8. The Labute approximate surface area is 189 Å². The summed E-state index contributed by atoms with van der Waals surface area (Å²) in [6, 6.07) is 0. The van der Waals surface area contributed by atoms with Gasteiger partial charge in [0, 0.05) is 19.6 Å². The summed E-state index contributed by atoms with van der Waals surface area (Å²) in [5.41, 5.74) is -0.0171. The molecule has 0 aromatic carbocycles. The van der Waals surface area contributed by atoms with Crippen molar-refractivity contribution in [2.45, 2.75) is 111 Å². The fourth-order valence-corrected chi connectivity index (χ4v) is 3.95. The van der Waals surface area contributed by atoms with Crippen LogP contribution < -0.4 is 10.2 Å². The van der Waals surface area contributed by atoms with Crippen molar-refractivity contribution in [2.24, 2.45) is 0 Å². The summed E-state index contributed by atoms with van der Waals surface area (Å²) >= 11 is 0. The normalized spacial score (nSPS) is 10.9. The predicted molar refractivity (Wildman–Crippen MR) is 131 cm³/mol. The second kappa shape index (κ2) is 17.7. The van der Waals surface area contributed by atoms with Crippen LogP contribution >= 0.6 is 0 Å². The molecule has 0 bridgehead atoms. The van der Waals surface area contributed by atoms with Crippen LogP contribution in [0.1, 0.15) is 111 Å². The maximum Gasteiger partial charge on any atom is 0.353 e. The van der Waals surface area contributed by atoms with E-state index in [1.165, 1.54) is 83.4 Å². The van der Waals surface area contributed by atoms with Gasteiger partial charge in [-0.1, -0.05) is 90.4 Å². The first-order valence-electron chi connectivity index (χ1n) is 12.6. The zero-order chi connectivity index (χ0) is 22.7. The van der Waals surface area contributed by atoms with E-state index in [1.807, 2.05) is 18.7 Å². The Bertz CT molecular complexity index is 593. The molecule has 7 heteroatoms. The van der Waals surface area contributed by atoms with Gasteiger partial charge in [-0.2, -0.15) is 0 Å². The smallest absolute Gasteiger partial charge is 0.353 e. The van der Waals surface area contributed by atoms with E-state index in [1.54, 1.807) is 0 Å². The number of rotatable bonds is 20. The number of nitrogens with zero attached hydrogens (tertiary/aromatic N) is 4. The molecule has 1 heterocycles. The van der Waals surface area contributed by atoms with Crippen LogP contribution in [0.25, 0.3) is 0 Å². The van der Waals surface area contributed by atoms with Crippen molar-refractivity contribution in [1.82, 2.24) is 9.97 Å². The highest BCUT2D eigenvalue weighted by Gasteiger charge is 2.25. The van der Waals surface area contributed by atoms with Crippen molar-refractivity contribution < 1.29 is 4.92 Å². The molecular formula is C24H45N5O2. The topological polar surface area (TPSA) is 84.2 Å². The quantitative estimate of drug-likeness (QED) is 0.133. The Kier molecular flexibility index (Phi) is 15.5. The fraction of sp³-hybridized carbons (Fsp3) is 0.833. The lowest BCUT2D eigenvalue weighted by molar-refractivity contribution is -0.383. The molecule has 0 saturated heterocycles. The zero-order valence-electron chi connectivity index (χ0n) is 20.2. The summed E-state index contributed by atoms with van der Waals surface area (Å²) in [4.78, 5) is 21.4. The van der Waals surface area contributed by atoms with Crippen LogP contribution in [0.2, 0.25) is 0 Å². The van der Waals surface area contributed by atoms with Gasteiger partial charge in [-0.05, 0) is 20.3 Å². The highest BCUT2D eigenvalue weighted by molar-refractivity contribution is 5.70. The lowest BCUT2D eigenvalue weighted by atomic mass is 10.0. The van der Waals surface area contributed by atoms with Crippen LogP contribution in [-0.2, 0) is 0 Å². The molecule has 0 aliphatic rings. The first-order chi connectivity index (χ1) is 15.2. The summed E-state index contributed by atoms with van der Waals surface area (Å²) in [6.07, 6.45) is 19.9. The van der Waals surface area contributed by atoms with Crippen molar-refractivity contribution in [3.8, 4) is 0 Å². The third-order valence-corrected chi connectivity index (χ3v) is 5.87. The van der Waals surface area contributed by atoms with Gasteiger partial charge in [0.15, 0.2) is 0 Å². The molecule has 0 aliphatic carbocycles. The standard InChI is InChI=1S/C24H45N5O2/c1-4-7-8-9-10-11-12-13-14-15-16-17-18-19-20-25-23-22(29(30)31)24(27-21-26-23)28(5-2)6-3/h21H,4-20H2,1-3H3,(H,25,26,27). The third kappa shape index (κ3) is 11.3. The second-order valence-corrected chi connectivity index (χ2v) is 8.35. The summed E-state index contributed by atoms with van der Waals surface area (Å²) in [6.45, 7) is 8.25. The van der Waals surface area contributed by atoms with E-state index >= 15 is 0 Å². The molecule has 0 radical (unpaired) electrons. The first kappa shape index (κ1) is 27.1. The largest absolute Gasteiger partial charge is 0.364 e. The van der Waals surface area contributed by atoms with Crippen molar-refractivity contribution in [2.75, 3.05) is 29.9 Å². The molecule has 1 aromatic heterocycles. The summed E-state index contributed by atoms with van der Waals surface area (Å²) in [5.74, 6) is 0.727. The molecule has 1 aromatic rings. The first-order valence-corrected chi connectivity index (χ1v) is 12.6. The van der Waals surface area contributed by atoms with Crippen molar-refractivity contribution in [1.29, 1.82) is 0 Å². The molecule has 0 atom stereocenters. The van der Waals surface area contributed by atoms with Crippen LogP contribution in [-0.4, -0.2) is 34.5 Å². The SMILES string of the molecule is CCCCCCCCCCCCCCCCNc1ncnc(N(CC)CC)c1[N+](=O)[O-]. The minimum atomic E-state index is -0.374. The number of anilines is 2. The van der Waals surface area contributed by atoms with Crippen LogP contribution in [0, 0.1) is 10.1 Å². The number of hydrogen-bond donors (Lipinski definition) is 1. The van der Waals surface area contributed by atoms with Crippen molar-refractivity contribution >= 4 is 17.3 Å². The van der Waals surface area contributed by atoms with E-state index in [0.717, 1.165) is 12.8 Å². The lowest BCUT2D eigenvalue weighted by Crippen LogP contribution is -2.24. The Morgan fingerprint density at radius 2 is 1.29 bits per heavy atom. The van der Waals surface area contributed by atoms with Gasteiger partial charge in [-0.3, -0.25) is 10.1 Å². The Hall–Kier alpha value is -1.92. The van der Waals surface area contributed by atoms with Gasteiger partial charge in [0.1, 0.15) is 6.33 Å². The molecule has 0 fully saturated rings. The van der Waals surface area contributed by atoms with Crippen LogP contribution in [0.5, 0.6) is 0 Å².